The van der Waals surface area contributed by atoms with E-state index in [4.69, 9.17) is 5.26 Å². The summed E-state index contributed by atoms with van der Waals surface area (Å²) in [5.74, 6) is 0. The van der Waals surface area contributed by atoms with Crippen molar-refractivity contribution in [3.05, 3.63) is 78.9 Å². The Morgan fingerprint density at radius 3 is 2.57 bits per heavy atom. The van der Waals surface area contributed by atoms with Crippen LogP contribution in [0.25, 0.3) is 22.9 Å². The molecule has 0 spiro atoms. The van der Waals surface area contributed by atoms with Crippen molar-refractivity contribution in [2.45, 2.75) is 0 Å². The number of hydrogen-bond donors (Lipinski definition) is 0. The molecule has 3 nitrogen and oxygen atoms in total. The predicted octanol–water partition coefficient (Wildman–Crippen LogP) is 4.05. The molecule has 0 saturated heterocycles. The summed E-state index contributed by atoms with van der Waals surface area (Å²) in [6.07, 6.45) is 7.27. The average Bonchev–Trinajstić information content (AvgIpc) is 3.09. The maximum Gasteiger partial charge on any atom is 0.0991 e. The molecule has 0 aliphatic rings. The number of aromatic nitrogens is 2. The quantitative estimate of drug-likeness (QED) is 0.721. The molecule has 0 atom stereocenters. The molecule has 0 unspecified atom stereocenters. The molecule has 3 aromatic rings. The van der Waals surface area contributed by atoms with Gasteiger partial charge in [-0.25, -0.2) is 4.98 Å². The lowest BCUT2D eigenvalue weighted by Gasteiger charge is -2.10. The van der Waals surface area contributed by atoms with E-state index in [-0.39, 0.29) is 0 Å². The minimum absolute atomic E-state index is 0.661. The molecule has 100 valence electrons. The second-order valence-corrected chi connectivity index (χ2v) is 4.63. The Hall–Kier alpha value is -3.12. The predicted molar refractivity (Wildman–Crippen MR) is 83.8 cm³/mol. The third kappa shape index (κ3) is 2.47. The molecule has 0 bridgehead atoms. The molecule has 0 aliphatic carbocycles. The topological polar surface area (TPSA) is 41.6 Å². The lowest BCUT2D eigenvalue weighted by molar-refractivity contribution is 1.06. The van der Waals surface area contributed by atoms with Gasteiger partial charge in [0.2, 0.25) is 0 Å². The van der Waals surface area contributed by atoms with Gasteiger partial charge in [0, 0.05) is 18.1 Å². The zero-order valence-electron chi connectivity index (χ0n) is 11.4. The number of nitrogens with zero attached hydrogens (tertiary/aromatic N) is 3. The normalized spacial score (nSPS) is 10.0. The van der Waals surface area contributed by atoms with E-state index in [1.54, 1.807) is 12.5 Å². The fraction of sp³-hybridized carbons (Fsp3) is 0. The number of hydrogen-bond acceptors (Lipinski definition) is 2. The maximum atomic E-state index is 8.87. The molecule has 0 radical (unpaired) electrons. The molecule has 0 amide bonds. The standard InChI is InChI=1S/C18H13N3/c1-2-15-11-17(21-10-9-20-13-21)7-8-18(15)16-5-3-14(12-19)4-6-16/h2-11,13H,1H2. The third-order valence-corrected chi connectivity index (χ3v) is 3.38. The van der Waals surface area contributed by atoms with Crippen LogP contribution in [0.1, 0.15) is 11.1 Å². The summed E-state index contributed by atoms with van der Waals surface area (Å²) in [5.41, 5.74) is 4.92. The van der Waals surface area contributed by atoms with Crippen molar-refractivity contribution in [1.82, 2.24) is 9.55 Å². The average molecular weight is 271 g/mol. The molecular weight excluding hydrogens is 258 g/mol. The van der Waals surface area contributed by atoms with E-state index in [2.05, 4.69) is 29.8 Å². The highest BCUT2D eigenvalue weighted by Gasteiger charge is 2.05. The van der Waals surface area contributed by atoms with Crippen molar-refractivity contribution < 1.29 is 0 Å². The smallest absolute Gasteiger partial charge is 0.0991 e. The van der Waals surface area contributed by atoms with Gasteiger partial charge in [0.05, 0.1) is 18.0 Å². The van der Waals surface area contributed by atoms with E-state index in [1.165, 1.54) is 0 Å². The van der Waals surface area contributed by atoms with Crippen LogP contribution in [0, 0.1) is 11.3 Å². The first-order chi connectivity index (χ1) is 10.3. The maximum absolute atomic E-state index is 8.87. The van der Waals surface area contributed by atoms with Crippen LogP contribution in [0.2, 0.25) is 0 Å². The number of rotatable bonds is 3. The Morgan fingerprint density at radius 1 is 1.14 bits per heavy atom. The first-order valence-corrected chi connectivity index (χ1v) is 6.57. The van der Waals surface area contributed by atoms with Crippen LogP contribution in [0.4, 0.5) is 0 Å². The van der Waals surface area contributed by atoms with Crippen LogP contribution >= 0.6 is 0 Å². The number of nitriles is 1. The zero-order valence-corrected chi connectivity index (χ0v) is 11.4. The number of benzene rings is 2. The van der Waals surface area contributed by atoms with Gasteiger partial charge in [0.1, 0.15) is 0 Å². The first kappa shape index (κ1) is 12.9. The Kier molecular flexibility index (Phi) is 3.36. The minimum Gasteiger partial charge on any atom is -0.306 e. The lowest BCUT2D eigenvalue weighted by Crippen LogP contribution is -1.92. The third-order valence-electron chi connectivity index (χ3n) is 3.38. The van der Waals surface area contributed by atoms with Crippen LogP contribution in [0.5, 0.6) is 0 Å². The molecular formula is C18H13N3. The summed E-state index contributed by atoms with van der Waals surface area (Å²) < 4.78 is 1.95. The highest BCUT2D eigenvalue weighted by molar-refractivity contribution is 5.76. The van der Waals surface area contributed by atoms with Crippen molar-refractivity contribution >= 4 is 6.08 Å². The molecule has 1 aromatic heterocycles. The van der Waals surface area contributed by atoms with E-state index >= 15 is 0 Å². The van der Waals surface area contributed by atoms with Gasteiger partial charge in [-0.1, -0.05) is 30.9 Å². The summed E-state index contributed by atoms with van der Waals surface area (Å²) in [6.45, 7) is 3.90. The second kappa shape index (κ2) is 5.48. The largest absolute Gasteiger partial charge is 0.306 e. The van der Waals surface area contributed by atoms with Crippen molar-refractivity contribution in [3.63, 3.8) is 0 Å². The molecule has 2 aromatic carbocycles. The van der Waals surface area contributed by atoms with Crippen molar-refractivity contribution in [1.29, 1.82) is 5.26 Å². The molecule has 0 fully saturated rings. The van der Waals surface area contributed by atoms with E-state index in [0.717, 1.165) is 22.4 Å². The zero-order chi connectivity index (χ0) is 14.7. The lowest BCUT2D eigenvalue weighted by atomic mass is 9.98. The first-order valence-electron chi connectivity index (χ1n) is 6.57. The Labute approximate surface area is 123 Å². The Morgan fingerprint density at radius 2 is 1.95 bits per heavy atom. The van der Waals surface area contributed by atoms with Gasteiger partial charge in [0.25, 0.3) is 0 Å². The molecule has 0 N–H and O–H groups in total. The van der Waals surface area contributed by atoms with Crippen LogP contribution < -0.4 is 0 Å². The monoisotopic (exact) mass is 271 g/mol. The van der Waals surface area contributed by atoms with Crippen LogP contribution in [-0.2, 0) is 0 Å². The SMILES string of the molecule is C=Cc1cc(-n2ccnc2)ccc1-c1ccc(C#N)cc1. The van der Waals surface area contributed by atoms with Gasteiger partial charge in [-0.05, 0) is 41.0 Å². The summed E-state index contributed by atoms with van der Waals surface area (Å²) in [7, 11) is 0. The summed E-state index contributed by atoms with van der Waals surface area (Å²) in [6, 6.07) is 15.9. The fourth-order valence-corrected chi connectivity index (χ4v) is 2.28. The summed E-state index contributed by atoms with van der Waals surface area (Å²) >= 11 is 0. The van der Waals surface area contributed by atoms with Crippen LogP contribution in [0.15, 0.2) is 67.8 Å². The van der Waals surface area contributed by atoms with Crippen LogP contribution in [-0.4, -0.2) is 9.55 Å². The van der Waals surface area contributed by atoms with E-state index in [0.29, 0.717) is 5.56 Å². The van der Waals surface area contributed by atoms with Crippen LogP contribution in [0.3, 0.4) is 0 Å². The molecule has 0 saturated carbocycles. The minimum atomic E-state index is 0.661. The Bertz CT molecular complexity index is 807. The molecule has 3 rings (SSSR count). The van der Waals surface area contributed by atoms with Crippen molar-refractivity contribution in [2.24, 2.45) is 0 Å². The fourth-order valence-electron chi connectivity index (χ4n) is 2.28. The van der Waals surface area contributed by atoms with Gasteiger partial charge in [-0.3, -0.25) is 0 Å². The molecule has 0 aliphatic heterocycles. The van der Waals surface area contributed by atoms with Crippen molar-refractivity contribution in [3.8, 4) is 22.9 Å². The molecule has 1 heterocycles. The molecule has 3 heteroatoms. The van der Waals surface area contributed by atoms with Crippen molar-refractivity contribution in [2.75, 3.05) is 0 Å². The highest BCUT2D eigenvalue weighted by atomic mass is 15.0. The second-order valence-electron chi connectivity index (χ2n) is 4.63. The van der Waals surface area contributed by atoms with Gasteiger partial charge in [-0.2, -0.15) is 5.26 Å². The molecule has 21 heavy (non-hydrogen) atoms. The van der Waals surface area contributed by atoms with E-state index in [1.807, 2.05) is 47.2 Å². The van der Waals surface area contributed by atoms with E-state index in [9.17, 15) is 0 Å². The summed E-state index contributed by atoms with van der Waals surface area (Å²) in [4.78, 5) is 4.06. The summed E-state index contributed by atoms with van der Waals surface area (Å²) in [5, 5.41) is 8.87. The van der Waals surface area contributed by atoms with Gasteiger partial charge in [-0.15, -0.1) is 0 Å². The number of imidazole rings is 1. The van der Waals surface area contributed by atoms with Gasteiger partial charge < -0.3 is 4.57 Å². The Balaban J connectivity index is 2.06. The van der Waals surface area contributed by atoms with E-state index < -0.39 is 0 Å². The van der Waals surface area contributed by atoms with Gasteiger partial charge >= 0.3 is 0 Å². The highest BCUT2D eigenvalue weighted by Crippen LogP contribution is 2.27. The van der Waals surface area contributed by atoms with Gasteiger partial charge in [0.15, 0.2) is 0 Å².